The van der Waals surface area contributed by atoms with Crippen LogP contribution in [-0.4, -0.2) is 10.3 Å². The molecule has 0 radical (unpaired) electrons. The van der Waals surface area contributed by atoms with Crippen LogP contribution in [-0.2, 0) is 6.42 Å². The van der Waals surface area contributed by atoms with Crippen LogP contribution in [0.5, 0.6) is 0 Å². The summed E-state index contributed by atoms with van der Waals surface area (Å²) >= 11 is 11.8. The molecule has 0 aromatic heterocycles. The molecule has 0 amide bonds. The van der Waals surface area contributed by atoms with Gasteiger partial charge in [-0.05, 0) is 31.4 Å². The van der Waals surface area contributed by atoms with Gasteiger partial charge in [0.1, 0.15) is 0 Å². The Morgan fingerprint density at radius 1 is 1.44 bits per heavy atom. The number of hydrogen-bond acceptors (Lipinski definition) is 2. The zero-order valence-corrected chi connectivity index (χ0v) is 10.6. The summed E-state index contributed by atoms with van der Waals surface area (Å²) in [6.45, 7) is 3.84. The molecule has 1 aromatic carbocycles. The standard InChI is InChI=1S/C11H13Cl2NO2/c1-7(8(2)12)5-9-6-10(13)3-4-11(9)14(15)16/h3-4,6-8H,5H2,1-2H3. The van der Waals surface area contributed by atoms with Crippen molar-refractivity contribution in [1.29, 1.82) is 0 Å². The smallest absolute Gasteiger partial charge is 0.258 e. The lowest BCUT2D eigenvalue weighted by atomic mass is 9.97. The van der Waals surface area contributed by atoms with Crippen LogP contribution in [0.3, 0.4) is 0 Å². The Bertz CT molecular complexity index is 394. The second-order valence-electron chi connectivity index (χ2n) is 3.89. The van der Waals surface area contributed by atoms with Crippen LogP contribution >= 0.6 is 23.2 Å². The van der Waals surface area contributed by atoms with Gasteiger partial charge in [-0.3, -0.25) is 10.1 Å². The molecule has 0 spiro atoms. The SMILES string of the molecule is CC(Cl)C(C)Cc1cc(Cl)ccc1[N+](=O)[O-]. The minimum atomic E-state index is -0.392. The number of rotatable bonds is 4. The van der Waals surface area contributed by atoms with Crippen molar-refractivity contribution in [2.45, 2.75) is 25.6 Å². The van der Waals surface area contributed by atoms with Crippen molar-refractivity contribution >= 4 is 28.9 Å². The van der Waals surface area contributed by atoms with E-state index in [0.29, 0.717) is 17.0 Å². The Morgan fingerprint density at radius 3 is 2.56 bits per heavy atom. The number of nitro groups is 1. The van der Waals surface area contributed by atoms with Crippen molar-refractivity contribution < 1.29 is 4.92 Å². The van der Waals surface area contributed by atoms with Crippen LogP contribution in [0.25, 0.3) is 0 Å². The van der Waals surface area contributed by atoms with Crippen LogP contribution < -0.4 is 0 Å². The second-order valence-corrected chi connectivity index (χ2v) is 5.01. The first-order valence-corrected chi connectivity index (χ1v) is 5.80. The van der Waals surface area contributed by atoms with Crippen molar-refractivity contribution in [2.75, 3.05) is 0 Å². The van der Waals surface area contributed by atoms with Crippen molar-refractivity contribution in [2.24, 2.45) is 5.92 Å². The third-order valence-corrected chi connectivity index (χ3v) is 3.23. The number of hydrogen-bond donors (Lipinski definition) is 0. The molecule has 2 atom stereocenters. The molecule has 88 valence electrons. The van der Waals surface area contributed by atoms with E-state index in [1.54, 1.807) is 6.07 Å². The summed E-state index contributed by atoms with van der Waals surface area (Å²) in [6.07, 6.45) is 0.557. The minimum Gasteiger partial charge on any atom is -0.258 e. The molecule has 0 aliphatic rings. The molecule has 3 nitrogen and oxygen atoms in total. The minimum absolute atomic E-state index is 0.0291. The average molecular weight is 262 g/mol. The zero-order chi connectivity index (χ0) is 12.3. The third kappa shape index (κ3) is 3.35. The van der Waals surface area contributed by atoms with E-state index in [4.69, 9.17) is 23.2 Å². The van der Waals surface area contributed by atoms with Gasteiger partial charge < -0.3 is 0 Å². The van der Waals surface area contributed by atoms with Gasteiger partial charge in [0.2, 0.25) is 0 Å². The Labute approximate surface area is 105 Å². The number of alkyl halides is 1. The van der Waals surface area contributed by atoms with Crippen LogP contribution in [0.15, 0.2) is 18.2 Å². The fourth-order valence-electron chi connectivity index (χ4n) is 1.40. The Morgan fingerprint density at radius 2 is 2.06 bits per heavy atom. The summed E-state index contributed by atoms with van der Waals surface area (Å²) in [4.78, 5) is 10.4. The molecule has 0 saturated carbocycles. The number of benzene rings is 1. The number of halogens is 2. The summed E-state index contributed by atoms with van der Waals surface area (Å²) in [6, 6.07) is 4.59. The first-order valence-electron chi connectivity index (χ1n) is 4.98. The lowest BCUT2D eigenvalue weighted by Crippen LogP contribution is -2.11. The number of nitrogens with zero attached hydrogens (tertiary/aromatic N) is 1. The lowest BCUT2D eigenvalue weighted by molar-refractivity contribution is -0.385. The number of nitro benzene ring substituents is 1. The fourth-order valence-corrected chi connectivity index (χ4v) is 1.69. The van der Waals surface area contributed by atoms with E-state index in [1.165, 1.54) is 12.1 Å². The predicted molar refractivity (Wildman–Crippen MR) is 66.3 cm³/mol. The molecule has 5 heteroatoms. The van der Waals surface area contributed by atoms with Gasteiger partial charge >= 0.3 is 0 Å². The lowest BCUT2D eigenvalue weighted by Gasteiger charge is -2.13. The largest absolute Gasteiger partial charge is 0.272 e. The molecule has 0 aliphatic heterocycles. The predicted octanol–water partition coefficient (Wildman–Crippen LogP) is 4.05. The molecule has 0 heterocycles. The quantitative estimate of drug-likeness (QED) is 0.466. The van der Waals surface area contributed by atoms with E-state index >= 15 is 0 Å². The van der Waals surface area contributed by atoms with Crippen LogP contribution in [0.1, 0.15) is 19.4 Å². The Kier molecular flexibility index (Phi) is 4.56. The van der Waals surface area contributed by atoms with Gasteiger partial charge in [0.15, 0.2) is 0 Å². The first-order chi connectivity index (χ1) is 7.41. The van der Waals surface area contributed by atoms with Crippen LogP contribution in [0.4, 0.5) is 5.69 Å². The van der Waals surface area contributed by atoms with Gasteiger partial charge in [-0.25, -0.2) is 0 Å². The average Bonchev–Trinajstić information content (AvgIpc) is 2.16. The van der Waals surface area contributed by atoms with Crippen LogP contribution in [0.2, 0.25) is 5.02 Å². The van der Waals surface area contributed by atoms with Crippen molar-refractivity contribution in [3.63, 3.8) is 0 Å². The molecular formula is C11H13Cl2NO2. The van der Waals surface area contributed by atoms with Crippen LogP contribution in [0, 0.1) is 16.0 Å². The van der Waals surface area contributed by atoms with Crippen molar-refractivity contribution in [3.05, 3.63) is 38.9 Å². The van der Waals surface area contributed by atoms with Gasteiger partial charge in [-0.15, -0.1) is 11.6 Å². The fraction of sp³-hybridized carbons (Fsp3) is 0.455. The van der Waals surface area contributed by atoms with Gasteiger partial charge in [-0.2, -0.15) is 0 Å². The highest BCUT2D eigenvalue weighted by Gasteiger charge is 2.18. The summed E-state index contributed by atoms with van der Waals surface area (Å²) in [5, 5.41) is 11.3. The first kappa shape index (κ1) is 13.3. The molecule has 0 saturated heterocycles. The Hall–Kier alpha value is -0.800. The van der Waals surface area contributed by atoms with Gasteiger partial charge in [0, 0.05) is 22.0 Å². The summed E-state index contributed by atoms with van der Waals surface area (Å²) < 4.78 is 0. The normalized spacial score (nSPS) is 14.5. The van der Waals surface area contributed by atoms with E-state index in [9.17, 15) is 10.1 Å². The van der Waals surface area contributed by atoms with Gasteiger partial charge in [0.05, 0.1) is 4.92 Å². The molecule has 0 bridgehead atoms. The zero-order valence-electron chi connectivity index (χ0n) is 9.11. The highest BCUT2D eigenvalue weighted by atomic mass is 35.5. The highest BCUT2D eigenvalue weighted by Crippen LogP contribution is 2.26. The van der Waals surface area contributed by atoms with Gasteiger partial charge in [-0.1, -0.05) is 18.5 Å². The molecule has 0 aliphatic carbocycles. The third-order valence-electron chi connectivity index (χ3n) is 2.56. The summed E-state index contributed by atoms with van der Waals surface area (Å²) in [7, 11) is 0. The molecule has 0 fully saturated rings. The van der Waals surface area contributed by atoms with E-state index in [1.807, 2.05) is 13.8 Å². The highest BCUT2D eigenvalue weighted by molar-refractivity contribution is 6.30. The maximum atomic E-state index is 10.8. The monoisotopic (exact) mass is 261 g/mol. The molecular weight excluding hydrogens is 249 g/mol. The van der Waals surface area contributed by atoms with Crippen molar-refractivity contribution in [3.8, 4) is 0 Å². The van der Waals surface area contributed by atoms with Gasteiger partial charge in [0.25, 0.3) is 5.69 Å². The molecule has 0 N–H and O–H groups in total. The van der Waals surface area contributed by atoms with E-state index < -0.39 is 4.92 Å². The van der Waals surface area contributed by atoms with E-state index in [-0.39, 0.29) is 17.0 Å². The molecule has 2 unspecified atom stereocenters. The maximum Gasteiger partial charge on any atom is 0.272 e. The van der Waals surface area contributed by atoms with Crippen molar-refractivity contribution in [1.82, 2.24) is 0 Å². The summed E-state index contributed by atoms with van der Waals surface area (Å²) in [5.74, 6) is 0.166. The maximum absolute atomic E-state index is 10.8. The van der Waals surface area contributed by atoms with E-state index in [0.717, 1.165) is 0 Å². The second kappa shape index (κ2) is 5.51. The topological polar surface area (TPSA) is 43.1 Å². The molecule has 1 rings (SSSR count). The summed E-state index contributed by atoms with van der Waals surface area (Å²) in [5.41, 5.74) is 0.742. The molecule has 16 heavy (non-hydrogen) atoms. The Balaban J connectivity index is 3.01. The van der Waals surface area contributed by atoms with E-state index in [2.05, 4.69) is 0 Å². The molecule has 1 aromatic rings.